The molecule has 3 aromatic rings. The first-order chi connectivity index (χ1) is 8.28. The van der Waals surface area contributed by atoms with Gasteiger partial charge in [-0.1, -0.05) is 0 Å². The lowest BCUT2D eigenvalue weighted by atomic mass is 10.2. The standard InChI is InChI=1S/C12H12N4S/c1-8-2-3-10(17-8)12-15-14-11-6-9(7-13)4-5-16(11)12/h2-6H,7,13H2,1H3. The molecule has 0 aliphatic carbocycles. The fourth-order valence-corrected chi connectivity index (χ4v) is 2.63. The molecular formula is C12H12N4S. The molecule has 0 spiro atoms. The SMILES string of the molecule is Cc1ccc(-c2nnc3cc(CN)ccn23)s1. The molecule has 3 rings (SSSR count). The zero-order valence-corrected chi connectivity index (χ0v) is 10.2. The van der Waals surface area contributed by atoms with Crippen molar-refractivity contribution in [3.8, 4) is 10.7 Å². The summed E-state index contributed by atoms with van der Waals surface area (Å²) in [6.07, 6.45) is 1.97. The molecule has 4 nitrogen and oxygen atoms in total. The van der Waals surface area contributed by atoms with E-state index in [0.717, 1.165) is 21.9 Å². The lowest BCUT2D eigenvalue weighted by molar-refractivity contribution is 1.05. The predicted octanol–water partition coefficient (Wildman–Crippen LogP) is 2.22. The van der Waals surface area contributed by atoms with E-state index in [2.05, 4.69) is 29.3 Å². The Balaban J connectivity index is 2.18. The molecule has 3 heterocycles. The highest BCUT2D eigenvalue weighted by Gasteiger charge is 2.09. The van der Waals surface area contributed by atoms with E-state index < -0.39 is 0 Å². The van der Waals surface area contributed by atoms with E-state index in [1.807, 2.05) is 22.7 Å². The van der Waals surface area contributed by atoms with Crippen molar-refractivity contribution in [2.45, 2.75) is 13.5 Å². The van der Waals surface area contributed by atoms with Crippen LogP contribution in [0.1, 0.15) is 10.4 Å². The van der Waals surface area contributed by atoms with Gasteiger partial charge in [-0.2, -0.15) is 0 Å². The zero-order valence-electron chi connectivity index (χ0n) is 9.42. The fourth-order valence-electron chi connectivity index (χ4n) is 1.78. The monoisotopic (exact) mass is 244 g/mol. The molecule has 0 unspecified atom stereocenters. The Morgan fingerprint density at radius 1 is 1.29 bits per heavy atom. The van der Waals surface area contributed by atoms with E-state index >= 15 is 0 Å². The van der Waals surface area contributed by atoms with Crippen LogP contribution in [0.3, 0.4) is 0 Å². The van der Waals surface area contributed by atoms with Crippen molar-refractivity contribution in [2.24, 2.45) is 5.73 Å². The normalized spacial score (nSPS) is 11.2. The summed E-state index contributed by atoms with van der Waals surface area (Å²) in [6.45, 7) is 2.61. The molecule has 0 atom stereocenters. The number of hydrogen-bond acceptors (Lipinski definition) is 4. The van der Waals surface area contributed by atoms with Crippen LogP contribution in [0.5, 0.6) is 0 Å². The van der Waals surface area contributed by atoms with Crippen LogP contribution in [0, 0.1) is 6.92 Å². The third-order valence-corrected chi connectivity index (χ3v) is 3.67. The number of thiophene rings is 1. The molecule has 0 saturated carbocycles. The average molecular weight is 244 g/mol. The second kappa shape index (κ2) is 3.94. The first-order valence-electron chi connectivity index (χ1n) is 5.38. The molecule has 0 aromatic carbocycles. The van der Waals surface area contributed by atoms with Crippen LogP contribution in [0.25, 0.3) is 16.3 Å². The van der Waals surface area contributed by atoms with Crippen molar-refractivity contribution < 1.29 is 0 Å². The average Bonchev–Trinajstić information content (AvgIpc) is 2.93. The number of hydrogen-bond donors (Lipinski definition) is 1. The van der Waals surface area contributed by atoms with Gasteiger partial charge in [0.1, 0.15) is 0 Å². The van der Waals surface area contributed by atoms with E-state index in [-0.39, 0.29) is 0 Å². The van der Waals surface area contributed by atoms with Gasteiger partial charge < -0.3 is 5.73 Å². The first-order valence-corrected chi connectivity index (χ1v) is 6.20. The topological polar surface area (TPSA) is 56.2 Å². The number of aromatic nitrogens is 3. The second-order valence-electron chi connectivity index (χ2n) is 3.90. The summed E-state index contributed by atoms with van der Waals surface area (Å²) in [5.74, 6) is 0.890. The minimum Gasteiger partial charge on any atom is -0.326 e. The maximum absolute atomic E-state index is 5.61. The molecule has 0 radical (unpaired) electrons. The van der Waals surface area contributed by atoms with Crippen molar-refractivity contribution in [3.63, 3.8) is 0 Å². The molecule has 0 fully saturated rings. The Morgan fingerprint density at radius 3 is 2.88 bits per heavy atom. The van der Waals surface area contributed by atoms with Gasteiger partial charge in [-0.3, -0.25) is 4.40 Å². The summed E-state index contributed by atoms with van der Waals surface area (Å²) in [6, 6.07) is 8.14. The molecule has 17 heavy (non-hydrogen) atoms. The van der Waals surface area contributed by atoms with Gasteiger partial charge in [-0.25, -0.2) is 0 Å². The van der Waals surface area contributed by atoms with E-state index in [4.69, 9.17) is 5.73 Å². The van der Waals surface area contributed by atoms with Crippen molar-refractivity contribution in [1.82, 2.24) is 14.6 Å². The molecule has 0 bridgehead atoms. The summed E-state index contributed by atoms with van der Waals surface area (Å²) >= 11 is 1.72. The molecule has 0 aliphatic rings. The molecular weight excluding hydrogens is 232 g/mol. The van der Waals surface area contributed by atoms with Gasteiger partial charge in [-0.15, -0.1) is 21.5 Å². The number of nitrogens with two attached hydrogens (primary N) is 1. The Hall–Kier alpha value is -1.72. The number of aryl methyl sites for hydroxylation is 1. The van der Waals surface area contributed by atoms with Gasteiger partial charge in [0.25, 0.3) is 0 Å². The van der Waals surface area contributed by atoms with Gasteiger partial charge >= 0.3 is 0 Å². The van der Waals surface area contributed by atoms with Gasteiger partial charge in [-0.05, 0) is 36.8 Å². The van der Waals surface area contributed by atoms with Crippen LogP contribution in [0.15, 0.2) is 30.5 Å². The number of pyridine rings is 1. The van der Waals surface area contributed by atoms with Crippen molar-refractivity contribution in [3.05, 3.63) is 40.9 Å². The van der Waals surface area contributed by atoms with Gasteiger partial charge in [0.2, 0.25) is 0 Å². The van der Waals surface area contributed by atoms with Gasteiger partial charge in [0, 0.05) is 17.6 Å². The minimum absolute atomic E-state index is 0.525. The summed E-state index contributed by atoms with van der Waals surface area (Å²) in [4.78, 5) is 2.41. The molecule has 86 valence electrons. The molecule has 0 saturated heterocycles. The van der Waals surface area contributed by atoms with Gasteiger partial charge in [0.05, 0.1) is 4.88 Å². The second-order valence-corrected chi connectivity index (χ2v) is 5.19. The maximum atomic E-state index is 5.61. The lowest BCUT2D eigenvalue weighted by Crippen LogP contribution is -1.97. The lowest BCUT2D eigenvalue weighted by Gasteiger charge is -1.99. The minimum atomic E-state index is 0.525. The third-order valence-electron chi connectivity index (χ3n) is 2.67. The Morgan fingerprint density at radius 2 is 2.18 bits per heavy atom. The van der Waals surface area contributed by atoms with E-state index in [9.17, 15) is 0 Å². The summed E-state index contributed by atoms with van der Waals surface area (Å²) in [5, 5.41) is 8.41. The number of rotatable bonds is 2. The number of nitrogens with zero attached hydrogens (tertiary/aromatic N) is 3. The highest BCUT2D eigenvalue weighted by Crippen LogP contribution is 2.26. The zero-order chi connectivity index (χ0) is 11.8. The highest BCUT2D eigenvalue weighted by molar-refractivity contribution is 7.15. The first kappa shape index (κ1) is 10.4. The van der Waals surface area contributed by atoms with Crippen LogP contribution in [0.4, 0.5) is 0 Å². The van der Waals surface area contributed by atoms with E-state index in [0.29, 0.717) is 6.54 Å². The highest BCUT2D eigenvalue weighted by atomic mass is 32.1. The summed E-state index contributed by atoms with van der Waals surface area (Å²) in [5.41, 5.74) is 7.52. The van der Waals surface area contributed by atoms with E-state index in [1.165, 1.54) is 4.88 Å². The van der Waals surface area contributed by atoms with Crippen LogP contribution in [-0.4, -0.2) is 14.6 Å². The maximum Gasteiger partial charge on any atom is 0.178 e. The number of fused-ring (bicyclic) bond motifs is 1. The van der Waals surface area contributed by atoms with Crippen molar-refractivity contribution in [1.29, 1.82) is 0 Å². The quantitative estimate of drug-likeness (QED) is 0.752. The van der Waals surface area contributed by atoms with Crippen molar-refractivity contribution >= 4 is 17.0 Å². The Bertz CT molecular complexity index is 668. The van der Waals surface area contributed by atoms with E-state index in [1.54, 1.807) is 11.3 Å². The molecule has 5 heteroatoms. The predicted molar refractivity (Wildman–Crippen MR) is 68.9 cm³/mol. The Labute approximate surface area is 103 Å². The summed E-state index contributed by atoms with van der Waals surface area (Å²) in [7, 11) is 0. The smallest absolute Gasteiger partial charge is 0.178 e. The van der Waals surface area contributed by atoms with Crippen LogP contribution in [-0.2, 0) is 6.54 Å². The van der Waals surface area contributed by atoms with Crippen molar-refractivity contribution in [2.75, 3.05) is 0 Å². The summed E-state index contributed by atoms with van der Waals surface area (Å²) < 4.78 is 1.99. The molecule has 0 amide bonds. The largest absolute Gasteiger partial charge is 0.326 e. The van der Waals surface area contributed by atoms with Crippen LogP contribution in [0.2, 0.25) is 0 Å². The van der Waals surface area contributed by atoms with Crippen LogP contribution >= 0.6 is 11.3 Å². The van der Waals surface area contributed by atoms with Crippen LogP contribution < -0.4 is 5.73 Å². The molecule has 0 aliphatic heterocycles. The molecule has 3 aromatic heterocycles. The van der Waals surface area contributed by atoms with Gasteiger partial charge in [0.15, 0.2) is 11.5 Å². The Kier molecular flexibility index (Phi) is 2.42. The fraction of sp³-hybridized carbons (Fsp3) is 0.167. The molecule has 2 N–H and O–H groups in total. The third kappa shape index (κ3) is 1.73.